The zero-order chi connectivity index (χ0) is 7.84. The van der Waals surface area contributed by atoms with E-state index in [1.54, 1.807) is 0 Å². The minimum atomic E-state index is 0.394. The summed E-state index contributed by atoms with van der Waals surface area (Å²) in [4.78, 5) is 0. The van der Waals surface area contributed by atoms with Gasteiger partial charge >= 0.3 is 0 Å². The molecule has 1 N–H and O–H groups in total. The Hall–Kier alpha value is -0.300. The SMILES string of the molecule is C=CC1CC2CC(CO)C1C2. The molecule has 0 aromatic carbocycles. The summed E-state index contributed by atoms with van der Waals surface area (Å²) in [6.45, 7) is 4.24. The van der Waals surface area contributed by atoms with E-state index in [9.17, 15) is 0 Å². The molecule has 62 valence electrons. The van der Waals surface area contributed by atoms with Gasteiger partial charge in [0.25, 0.3) is 0 Å². The lowest BCUT2D eigenvalue weighted by Crippen LogP contribution is -2.21. The summed E-state index contributed by atoms with van der Waals surface area (Å²) in [7, 11) is 0. The lowest BCUT2D eigenvalue weighted by atomic mass is 9.81. The minimum absolute atomic E-state index is 0.394. The molecular weight excluding hydrogens is 136 g/mol. The first kappa shape index (κ1) is 7.35. The van der Waals surface area contributed by atoms with Crippen LogP contribution in [-0.2, 0) is 0 Å². The predicted octanol–water partition coefficient (Wildman–Crippen LogP) is 1.83. The van der Waals surface area contributed by atoms with Crippen LogP contribution < -0.4 is 0 Å². The van der Waals surface area contributed by atoms with Crippen LogP contribution in [0.5, 0.6) is 0 Å². The summed E-state index contributed by atoms with van der Waals surface area (Å²) in [5.74, 6) is 2.98. The van der Waals surface area contributed by atoms with Gasteiger partial charge in [0.2, 0.25) is 0 Å². The molecule has 4 atom stereocenters. The number of rotatable bonds is 2. The molecule has 2 saturated carbocycles. The van der Waals surface area contributed by atoms with E-state index >= 15 is 0 Å². The van der Waals surface area contributed by atoms with Crippen LogP contribution in [0.1, 0.15) is 19.3 Å². The Morgan fingerprint density at radius 3 is 2.73 bits per heavy atom. The zero-order valence-corrected chi connectivity index (χ0v) is 6.87. The highest BCUT2D eigenvalue weighted by Gasteiger charge is 2.44. The van der Waals surface area contributed by atoms with Crippen LogP contribution in [0.25, 0.3) is 0 Å². The Morgan fingerprint density at radius 1 is 1.36 bits per heavy atom. The van der Waals surface area contributed by atoms with Crippen LogP contribution in [-0.4, -0.2) is 11.7 Å². The van der Waals surface area contributed by atoms with Gasteiger partial charge in [0.15, 0.2) is 0 Å². The fourth-order valence-corrected chi connectivity index (χ4v) is 3.03. The molecule has 0 heterocycles. The van der Waals surface area contributed by atoms with Gasteiger partial charge in [0.05, 0.1) is 0 Å². The second kappa shape index (κ2) is 2.63. The van der Waals surface area contributed by atoms with Crippen molar-refractivity contribution in [1.29, 1.82) is 0 Å². The molecule has 0 radical (unpaired) electrons. The van der Waals surface area contributed by atoms with Gasteiger partial charge in [-0.2, -0.15) is 0 Å². The molecule has 0 saturated heterocycles. The molecule has 1 nitrogen and oxygen atoms in total. The molecule has 2 aliphatic rings. The van der Waals surface area contributed by atoms with Crippen LogP contribution in [0, 0.1) is 23.7 Å². The van der Waals surface area contributed by atoms with Crippen molar-refractivity contribution in [3.63, 3.8) is 0 Å². The molecule has 2 bridgehead atoms. The van der Waals surface area contributed by atoms with Crippen LogP contribution in [0.4, 0.5) is 0 Å². The lowest BCUT2D eigenvalue weighted by molar-refractivity contribution is 0.157. The molecule has 0 aromatic rings. The Bertz CT molecular complexity index is 164. The van der Waals surface area contributed by atoms with Gasteiger partial charge < -0.3 is 5.11 Å². The average Bonchev–Trinajstić information content (AvgIpc) is 2.60. The molecule has 0 amide bonds. The van der Waals surface area contributed by atoms with Gasteiger partial charge in [0.1, 0.15) is 0 Å². The van der Waals surface area contributed by atoms with Gasteiger partial charge in [-0.25, -0.2) is 0 Å². The first-order chi connectivity index (χ1) is 5.35. The van der Waals surface area contributed by atoms with Crippen LogP contribution in [0.2, 0.25) is 0 Å². The first-order valence-electron chi connectivity index (χ1n) is 4.58. The van der Waals surface area contributed by atoms with Crippen molar-refractivity contribution in [3.8, 4) is 0 Å². The standard InChI is InChI=1S/C10H16O/c1-2-8-3-7-4-9(6-11)10(8)5-7/h2,7-11H,1,3-6H2. The van der Waals surface area contributed by atoms with E-state index in [1.165, 1.54) is 19.3 Å². The number of aliphatic hydroxyl groups is 1. The largest absolute Gasteiger partial charge is 0.396 e. The van der Waals surface area contributed by atoms with Gasteiger partial charge in [-0.1, -0.05) is 6.08 Å². The van der Waals surface area contributed by atoms with Gasteiger partial charge in [-0.3, -0.25) is 0 Å². The number of fused-ring (bicyclic) bond motifs is 2. The van der Waals surface area contributed by atoms with E-state index in [0.717, 1.165) is 11.8 Å². The van der Waals surface area contributed by atoms with Crippen molar-refractivity contribution in [1.82, 2.24) is 0 Å². The average molecular weight is 152 g/mol. The minimum Gasteiger partial charge on any atom is -0.396 e. The highest BCUT2D eigenvalue weighted by molar-refractivity contribution is 5.00. The third kappa shape index (κ3) is 1.02. The fourth-order valence-electron chi connectivity index (χ4n) is 3.03. The van der Waals surface area contributed by atoms with E-state index in [-0.39, 0.29) is 0 Å². The van der Waals surface area contributed by atoms with Gasteiger partial charge in [0, 0.05) is 6.61 Å². The van der Waals surface area contributed by atoms with Gasteiger partial charge in [-0.05, 0) is 42.9 Å². The Kier molecular flexibility index (Phi) is 1.76. The summed E-state index contributed by atoms with van der Waals surface area (Å²) < 4.78 is 0. The van der Waals surface area contributed by atoms with E-state index in [4.69, 9.17) is 5.11 Å². The zero-order valence-electron chi connectivity index (χ0n) is 6.87. The Labute approximate surface area is 68.1 Å². The monoisotopic (exact) mass is 152 g/mol. The van der Waals surface area contributed by atoms with Crippen LogP contribution >= 0.6 is 0 Å². The number of hydrogen-bond acceptors (Lipinski definition) is 1. The summed E-state index contributed by atoms with van der Waals surface area (Å²) in [5.41, 5.74) is 0. The summed E-state index contributed by atoms with van der Waals surface area (Å²) >= 11 is 0. The maximum Gasteiger partial charge on any atom is 0.0462 e. The second-order valence-electron chi connectivity index (χ2n) is 4.08. The summed E-state index contributed by atoms with van der Waals surface area (Å²) in [6.07, 6.45) is 6.05. The quantitative estimate of drug-likeness (QED) is 0.598. The van der Waals surface area contributed by atoms with Crippen molar-refractivity contribution < 1.29 is 5.11 Å². The molecule has 0 aliphatic heterocycles. The highest BCUT2D eigenvalue weighted by atomic mass is 16.3. The summed E-state index contributed by atoms with van der Waals surface area (Å²) in [6, 6.07) is 0. The van der Waals surface area contributed by atoms with E-state index in [0.29, 0.717) is 18.4 Å². The first-order valence-corrected chi connectivity index (χ1v) is 4.58. The third-order valence-corrected chi connectivity index (χ3v) is 3.54. The Balaban J connectivity index is 2.07. The molecule has 4 unspecified atom stereocenters. The lowest BCUT2D eigenvalue weighted by Gasteiger charge is -2.25. The highest BCUT2D eigenvalue weighted by Crippen LogP contribution is 2.51. The molecule has 2 rings (SSSR count). The Morgan fingerprint density at radius 2 is 2.18 bits per heavy atom. The molecule has 1 heteroatoms. The molecular formula is C10H16O. The van der Waals surface area contributed by atoms with Crippen molar-refractivity contribution in [2.75, 3.05) is 6.61 Å². The molecule has 0 aromatic heterocycles. The maximum atomic E-state index is 9.07. The van der Waals surface area contributed by atoms with Crippen LogP contribution in [0.3, 0.4) is 0 Å². The fraction of sp³-hybridized carbons (Fsp3) is 0.800. The second-order valence-corrected chi connectivity index (χ2v) is 4.08. The van der Waals surface area contributed by atoms with E-state index in [2.05, 4.69) is 12.7 Å². The number of allylic oxidation sites excluding steroid dienone is 1. The van der Waals surface area contributed by atoms with Crippen molar-refractivity contribution in [3.05, 3.63) is 12.7 Å². The number of aliphatic hydroxyl groups excluding tert-OH is 1. The molecule has 2 aliphatic carbocycles. The van der Waals surface area contributed by atoms with Crippen molar-refractivity contribution in [2.45, 2.75) is 19.3 Å². The topological polar surface area (TPSA) is 20.2 Å². The molecule has 0 spiro atoms. The molecule has 11 heavy (non-hydrogen) atoms. The van der Waals surface area contributed by atoms with E-state index < -0.39 is 0 Å². The van der Waals surface area contributed by atoms with E-state index in [1.807, 2.05) is 0 Å². The van der Waals surface area contributed by atoms with Crippen molar-refractivity contribution >= 4 is 0 Å². The summed E-state index contributed by atoms with van der Waals surface area (Å²) in [5, 5.41) is 9.07. The molecule has 2 fully saturated rings. The maximum absolute atomic E-state index is 9.07. The smallest absolute Gasteiger partial charge is 0.0462 e. The van der Waals surface area contributed by atoms with Crippen LogP contribution in [0.15, 0.2) is 12.7 Å². The predicted molar refractivity (Wildman–Crippen MR) is 45.1 cm³/mol. The van der Waals surface area contributed by atoms with Gasteiger partial charge in [-0.15, -0.1) is 6.58 Å². The van der Waals surface area contributed by atoms with Crippen molar-refractivity contribution in [2.24, 2.45) is 23.7 Å². The number of hydrogen-bond donors (Lipinski definition) is 1. The normalized spacial score (nSPS) is 48.1. The third-order valence-electron chi connectivity index (χ3n) is 3.54.